The van der Waals surface area contributed by atoms with Crippen molar-refractivity contribution in [2.24, 2.45) is 0 Å². The van der Waals surface area contributed by atoms with E-state index in [0.717, 1.165) is 6.07 Å². The van der Waals surface area contributed by atoms with E-state index >= 15 is 0 Å². The van der Waals surface area contributed by atoms with Crippen molar-refractivity contribution in [2.45, 2.75) is 38.7 Å². The average molecular weight is 470 g/mol. The fourth-order valence-electron chi connectivity index (χ4n) is 2.87. The number of hydrogen-bond donors (Lipinski definition) is 1. The predicted octanol–water partition coefficient (Wildman–Crippen LogP) is 5.45. The molecule has 1 N–H and O–H groups in total. The highest BCUT2D eigenvalue weighted by molar-refractivity contribution is 5.86. The maximum Gasteiger partial charge on any atom is 0.419 e. The second kappa shape index (κ2) is 9.16. The number of rotatable bonds is 4. The molecule has 11 heteroatoms. The van der Waals surface area contributed by atoms with Crippen LogP contribution >= 0.6 is 0 Å². The van der Waals surface area contributed by atoms with Gasteiger partial charge in [0.25, 0.3) is 0 Å². The largest absolute Gasteiger partial charge is 0.484 e. The molecule has 0 radical (unpaired) electrons. The van der Waals surface area contributed by atoms with Crippen LogP contribution in [0.4, 0.5) is 32.8 Å². The normalized spacial score (nSPS) is 14.3. The van der Waals surface area contributed by atoms with Gasteiger partial charge in [0, 0.05) is 11.8 Å². The average Bonchev–Trinajstić information content (AvgIpc) is 2.64. The standard InChI is InChI=1S/C22H22F4N2O5/c1-21(2,3)33-20(30)28-11-15(12-28)31-17-10-13(9-16(18(17)23)22(24,25)26)27-19(29)32-14-7-5-4-6-8-14/h4-10,15H,11-12H2,1-3H3,(H,27,29). The van der Waals surface area contributed by atoms with Gasteiger partial charge in [0.05, 0.1) is 18.7 Å². The Balaban J connectivity index is 1.72. The molecule has 1 aliphatic rings. The number of hydrogen-bond acceptors (Lipinski definition) is 5. The number of nitrogens with zero attached hydrogens (tertiary/aromatic N) is 1. The Labute approximate surface area is 187 Å². The van der Waals surface area contributed by atoms with Crippen molar-refractivity contribution in [1.29, 1.82) is 0 Å². The summed E-state index contributed by atoms with van der Waals surface area (Å²) in [6.45, 7) is 5.07. The van der Waals surface area contributed by atoms with Crippen molar-refractivity contribution in [3.05, 3.63) is 53.8 Å². The van der Waals surface area contributed by atoms with Gasteiger partial charge in [-0.1, -0.05) is 18.2 Å². The second-order valence-corrected chi connectivity index (χ2v) is 8.29. The molecule has 1 saturated heterocycles. The Hall–Kier alpha value is -3.50. The fraction of sp³-hybridized carbons (Fsp3) is 0.364. The zero-order valence-electron chi connectivity index (χ0n) is 18.0. The zero-order valence-corrected chi connectivity index (χ0v) is 18.0. The number of ether oxygens (including phenoxy) is 3. The molecule has 0 aliphatic carbocycles. The molecule has 0 atom stereocenters. The first-order valence-electron chi connectivity index (χ1n) is 9.91. The van der Waals surface area contributed by atoms with Crippen molar-refractivity contribution in [3.63, 3.8) is 0 Å². The van der Waals surface area contributed by atoms with Gasteiger partial charge in [-0.3, -0.25) is 5.32 Å². The summed E-state index contributed by atoms with van der Waals surface area (Å²) in [6.07, 6.45) is -7.46. The lowest BCUT2D eigenvalue weighted by atomic mass is 10.1. The Kier molecular flexibility index (Phi) is 6.71. The van der Waals surface area contributed by atoms with Gasteiger partial charge < -0.3 is 19.1 Å². The molecule has 2 aromatic rings. The summed E-state index contributed by atoms with van der Waals surface area (Å²) >= 11 is 0. The molecule has 1 heterocycles. The summed E-state index contributed by atoms with van der Waals surface area (Å²) in [4.78, 5) is 25.3. The van der Waals surface area contributed by atoms with Gasteiger partial charge in [-0.05, 0) is 39.0 Å². The summed E-state index contributed by atoms with van der Waals surface area (Å²) in [6, 6.07) is 9.23. The molecule has 33 heavy (non-hydrogen) atoms. The topological polar surface area (TPSA) is 77.1 Å². The molecule has 1 aliphatic heterocycles. The van der Waals surface area contributed by atoms with Crippen LogP contribution < -0.4 is 14.8 Å². The molecule has 1 fully saturated rings. The number of nitrogens with one attached hydrogen (secondary N) is 1. The highest BCUT2D eigenvalue weighted by atomic mass is 19.4. The van der Waals surface area contributed by atoms with Gasteiger partial charge in [0.1, 0.15) is 17.5 Å². The number of anilines is 1. The minimum absolute atomic E-state index is 0.00338. The third-order valence-corrected chi connectivity index (χ3v) is 4.34. The van der Waals surface area contributed by atoms with E-state index < -0.39 is 47.2 Å². The first kappa shape index (κ1) is 24.1. The van der Waals surface area contributed by atoms with E-state index in [9.17, 15) is 27.2 Å². The number of likely N-dealkylation sites (tertiary alicyclic amines) is 1. The highest BCUT2D eigenvalue weighted by Gasteiger charge is 2.39. The summed E-state index contributed by atoms with van der Waals surface area (Å²) in [7, 11) is 0. The zero-order chi connectivity index (χ0) is 24.4. The van der Waals surface area contributed by atoms with Gasteiger partial charge in [-0.25, -0.2) is 14.0 Å². The second-order valence-electron chi connectivity index (χ2n) is 8.29. The third kappa shape index (κ3) is 6.50. The van der Waals surface area contributed by atoms with Crippen molar-refractivity contribution in [3.8, 4) is 11.5 Å². The SMILES string of the molecule is CC(C)(C)OC(=O)N1CC(Oc2cc(NC(=O)Oc3ccccc3)cc(C(F)(F)F)c2F)C1. The van der Waals surface area contributed by atoms with Gasteiger partial charge >= 0.3 is 18.4 Å². The number of carbonyl (C=O) groups is 2. The van der Waals surface area contributed by atoms with Gasteiger partial charge in [-0.2, -0.15) is 13.2 Å². The number of benzene rings is 2. The van der Waals surface area contributed by atoms with E-state index in [2.05, 4.69) is 5.32 Å². The van der Waals surface area contributed by atoms with E-state index in [-0.39, 0.29) is 24.5 Å². The molecule has 0 spiro atoms. The summed E-state index contributed by atoms with van der Waals surface area (Å²) in [5.74, 6) is -2.17. The quantitative estimate of drug-likeness (QED) is 0.601. The maximum absolute atomic E-state index is 14.5. The fourth-order valence-corrected chi connectivity index (χ4v) is 2.87. The minimum Gasteiger partial charge on any atom is -0.484 e. The number of alkyl halides is 3. The van der Waals surface area contributed by atoms with Crippen molar-refractivity contribution in [1.82, 2.24) is 4.90 Å². The molecular weight excluding hydrogens is 448 g/mol. The van der Waals surface area contributed by atoms with Crippen LogP contribution in [0, 0.1) is 5.82 Å². The first-order valence-corrected chi connectivity index (χ1v) is 9.91. The number of amides is 2. The summed E-state index contributed by atoms with van der Waals surface area (Å²) in [5, 5.41) is 2.14. The van der Waals surface area contributed by atoms with Crippen LogP contribution in [0.15, 0.2) is 42.5 Å². The van der Waals surface area contributed by atoms with Crippen LogP contribution in [0.25, 0.3) is 0 Å². The third-order valence-electron chi connectivity index (χ3n) is 4.34. The summed E-state index contributed by atoms with van der Waals surface area (Å²) < 4.78 is 70.1. The molecule has 2 aromatic carbocycles. The molecule has 3 rings (SSSR count). The maximum atomic E-state index is 14.5. The van der Waals surface area contributed by atoms with Crippen LogP contribution in [0.3, 0.4) is 0 Å². The summed E-state index contributed by atoms with van der Waals surface area (Å²) in [5.41, 5.74) is -2.70. The molecule has 7 nitrogen and oxygen atoms in total. The number of para-hydroxylation sites is 1. The lowest BCUT2D eigenvalue weighted by Crippen LogP contribution is -2.57. The van der Waals surface area contributed by atoms with Gasteiger partial charge in [0.15, 0.2) is 11.6 Å². The molecule has 0 unspecified atom stereocenters. The molecule has 0 saturated carbocycles. The van der Waals surface area contributed by atoms with Crippen LogP contribution in [0.1, 0.15) is 26.3 Å². The Bertz CT molecular complexity index is 1020. The van der Waals surface area contributed by atoms with E-state index in [4.69, 9.17) is 14.2 Å². The molecule has 178 valence electrons. The Morgan fingerprint density at radius 3 is 2.27 bits per heavy atom. The predicted molar refractivity (Wildman–Crippen MR) is 110 cm³/mol. The van der Waals surface area contributed by atoms with Crippen LogP contribution in [-0.2, 0) is 10.9 Å². The monoisotopic (exact) mass is 470 g/mol. The molecule has 2 amide bonds. The van der Waals surface area contributed by atoms with E-state index in [1.807, 2.05) is 0 Å². The highest BCUT2D eigenvalue weighted by Crippen LogP contribution is 2.38. The smallest absolute Gasteiger partial charge is 0.419 e. The van der Waals surface area contributed by atoms with Gasteiger partial charge in [-0.15, -0.1) is 0 Å². The van der Waals surface area contributed by atoms with Crippen molar-refractivity contribution >= 4 is 17.9 Å². The van der Waals surface area contributed by atoms with Crippen LogP contribution in [0.5, 0.6) is 11.5 Å². The Morgan fingerprint density at radius 1 is 1.06 bits per heavy atom. The minimum atomic E-state index is -5.04. The van der Waals surface area contributed by atoms with Crippen LogP contribution in [-0.4, -0.2) is 41.9 Å². The van der Waals surface area contributed by atoms with Crippen molar-refractivity contribution in [2.75, 3.05) is 18.4 Å². The first-order chi connectivity index (χ1) is 15.3. The lowest BCUT2D eigenvalue weighted by molar-refractivity contribution is -0.140. The molecular formula is C22H22F4N2O5. The number of halogens is 4. The van der Waals surface area contributed by atoms with Crippen molar-refractivity contribution < 1.29 is 41.4 Å². The van der Waals surface area contributed by atoms with E-state index in [0.29, 0.717) is 6.07 Å². The lowest BCUT2D eigenvalue weighted by Gasteiger charge is -2.39. The van der Waals surface area contributed by atoms with E-state index in [1.165, 1.54) is 17.0 Å². The molecule has 0 aromatic heterocycles. The Morgan fingerprint density at radius 2 is 1.70 bits per heavy atom. The van der Waals surface area contributed by atoms with Crippen LogP contribution in [0.2, 0.25) is 0 Å². The van der Waals surface area contributed by atoms with Gasteiger partial charge in [0.2, 0.25) is 0 Å². The number of carbonyl (C=O) groups excluding carboxylic acids is 2. The van der Waals surface area contributed by atoms with E-state index in [1.54, 1.807) is 39.0 Å². The molecule has 0 bridgehead atoms.